The van der Waals surface area contributed by atoms with Crippen LogP contribution in [0.3, 0.4) is 0 Å². The molecule has 0 aliphatic carbocycles. The lowest BCUT2D eigenvalue weighted by Crippen LogP contribution is -2.53. The van der Waals surface area contributed by atoms with Gasteiger partial charge in [0.2, 0.25) is 5.91 Å². The highest BCUT2D eigenvalue weighted by atomic mass is 16.3. The summed E-state index contributed by atoms with van der Waals surface area (Å²) in [6.07, 6.45) is 14.3. The first-order valence-corrected chi connectivity index (χ1v) is 12.1. The van der Waals surface area contributed by atoms with Gasteiger partial charge < -0.3 is 25.7 Å². The van der Waals surface area contributed by atoms with Crippen molar-refractivity contribution in [2.24, 2.45) is 0 Å². The first-order chi connectivity index (χ1) is 14.5. The Labute approximate surface area is 183 Å². The number of nitrogens with one attached hydrogen (secondary N) is 1. The maximum Gasteiger partial charge on any atom is 0.249 e. The predicted molar refractivity (Wildman–Crippen MR) is 122 cm³/mol. The number of rotatable bonds is 20. The monoisotopic (exact) mass is 429 g/mol. The van der Waals surface area contributed by atoms with Gasteiger partial charge in [-0.2, -0.15) is 0 Å². The minimum Gasteiger partial charge on any atom is -0.394 e. The zero-order valence-electron chi connectivity index (χ0n) is 19.3. The summed E-state index contributed by atoms with van der Waals surface area (Å²) < 4.78 is 0. The second-order valence-electron chi connectivity index (χ2n) is 8.33. The molecule has 0 aliphatic heterocycles. The first-order valence-electron chi connectivity index (χ1n) is 12.1. The summed E-state index contributed by atoms with van der Waals surface area (Å²) in [6.45, 7) is 3.80. The van der Waals surface area contributed by atoms with E-state index in [0.29, 0.717) is 12.8 Å². The maximum atomic E-state index is 12.2. The molecule has 6 nitrogen and oxygen atoms in total. The minimum atomic E-state index is -1.25. The zero-order chi connectivity index (χ0) is 22.6. The van der Waals surface area contributed by atoms with Crippen molar-refractivity contribution in [3.63, 3.8) is 0 Å². The summed E-state index contributed by atoms with van der Waals surface area (Å²) in [5.74, 6) is -0.606. The smallest absolute Gasteiger partial charge is 0.249 e. The van der Waals surface area contributed by atoms with Crippen LogP contribution in [0.4, 0.5) is 0 Å². The zero-order valence-corrected chi connectivity index (χ0v) is 19.3. The molecule has 0 bridgehead atoms. The van der Waals surface area contributed by atoms with Crippen LogP contribution in [-0.2, 0) is 4.79 Å². The van der Waals surface area contributed by atoms with Crippen LogP contribution in [0.1, 0.15) is 104 Å². The van der Waals surface area contributed by atoms with Gasteiger partial charge >= 0.3 is 0 Å². The van der Waals surface area contributed by atoms with E-state index in [1.165, 1.54) is 12.8 Å². The Balaban J connectivity index is 4.02. The molecule has 0 saturated heterocycles. The molecule has 6 heteroatoms. The summed E-state index contributed by atoms with van der Waals surface area (Å²) in [4.78, 5) is 12.2. The Morgan fingerprint density at radius 3 is 2.00 bits per heavy atom. The summed E-state index contributed by atoms with van der Waals surface area (Å²) >= 11 is 0. The predicted octanol–water partition coefficient (Wildman–Crippen LogP) is 3.60. The minimum absolute atomic E-state index is 0.353. The molecule has 4 unspecified atom stereocenters. The normalized spacial score (nSPS) is 15.8. The number of allylic oxidation sites excluding steroid dienone is 2. The standard InChI is InChI=1S/C24H47NO5/c1-3-5-7-9-10-11-12-13-14-16-18-22(28)24(30)25-20(19-26)23(29)21(27)17-15-8-6-4-2/h9-10,20-23,26-29H,3-8,11-19H2,1-2H3,(H,25,30)/b10-9-. The second kappa shape index (κ2) is 20.0. The van der Waals surface area contributed by atoms with Crippen LogP contribution in [0.15, 0.2) is 12.2 Å². The molecule has 0 spiro atoms. The van der Waals surface area contributed by atoms with E-state index in [-0.39, 0.29) is 0 Å². The van der Waals surface area contributed by atoms with Crippen molar-refractivity contribution in [1.82, 2.24) is 5.32 Å². The van der Waals surface area contributed by atoms with Gasteiger partial charge in [-0.15, -0.1) is 0 Å². The molecule has 0 aromatic rings. The van der Waals surface area contributed by atoms with Crippen molar-refractivity contribution in [2.45, 2.75) is 128 Å². The van der Waals surface area contributed by atoms with Gasteiger partial charge in [0.05, 0.1) is 18.8 Å². The molecule has 1 amide bonds. The Kier molecular flexibility index (Phi) is 19.3. The SMILES string of the molecule is CCCC/C=C\CCCCCCC(O)C(=O)NC(CO)C(O)C(O)CCCCCC. The summed E-state index contributed by atoms with van der Waals surface area (Å²) in [7, 11) is 0. The van der Waals surface area contributed by atoms with Crippen molar-refractivity contribution >= 4 is 5.91 Å². The molecule has 0 aromatic heterocycles. The second-order valence-corrected chi connectivity index (χ2v) is 8.33. The summed E-state index contributed by atoms with van der Waals surface area (Å²) in [5.41, 5.74) is 0. The number of unbranched alkanes of at least 4 members (excludes halogenated alkanes) is 9. The van der Waals surface area contributed by atoms with Gasteiger partial charge in [-0.05, 0) is 32.1 Å². The highest BCUT2D eigenvalue weighted by Crippen LogP contribution is 2.12. The van der Waals surface area contributed by atoms with E-state index in [1.807, 2.05) is 0 Å². The van der Waals surface area contributed by atoms with Gasteiger partial charge in [0.25, 0.3) is 0 Å². The van der Waals surface area contributed by atoms with Crippen molar-refractivity contribution in [1.29, 1.82) is 0 Å². The lowest BCUT2D eigenvalue weighted by Gasteiger charge is -2.27. The Morgan fingerprint density at radius 1 is 0.800 bits per heavy atom. The number of aliphatic hydroxyl groups is 4. The van der Waals surface area contributed by atoms with Crippen LogP contribution < -0.4 is 5.32 Å². The molecule has 30 heavy (non-hydrogen) atoms. The average Bonchev–Trinajstić information content (AvgIpc) is 2.75. The first kappa shape index (κ1) is 29.1. The van der Waals surface area contributed by atoms with Gasteiger partial charge in [0.15, 0.2) is 0 Å². The lowest BCUT2D eigenvalue weighted by molar-refractivity contribution is -0.132. The van der Waals surface area contributed by atoms with E-state index < -0.39 is 36.9 Å². The highest BCUT2D eigenvalue weighted by Gasteiger charge is 2.28. The molecule has 0 heterocycles. The van der Waals surface area contributed by atoms with Gasteiger partial charge in [-0.3, -0.25) is 4.79 Å². The van der Waals surface area contributed by atoms with Gasteiger partial charge in [0.1, 0.15) is 12.2 Å². The van der Waals surface area contributed by atoms with Crippen LogP contribution in [0.25, 0.3) is 0 Å². The van der Waals surface area contributed by atoms with Crippen molar-refractivity contribution in [2.75, 3.05) is 6.61 Å². The fourth-order valence-corrected chi connectivity index (χ4v) is 3.38. The third-order valence-corrected chi connectivity index (χ3v) is 5.48. The van der Waals surface area contributed by atoms with Crippen molar-refractivity contribution in [3.8, 4) is 0 Å². The van der Waals surface area contributed by atoms with Crippen molar-refractivity contribution < 1.29 is 25.2 Å². The van der Waals surface area contributed by atoms with Crippen LogP contribution in [0.5, 0.6) is 0 Å². The van der Waals surface area contributed by atoms with Gasteiger partial charge in [-0.1, -0.05) is 83.8 Å². The van der Waals surface area contributed by atoms with Crippen LogP contribution in [0.2, 0.25) is 0 Å². The number of amides is 1. The number of carbonyl (C=O) groups is 1. The molecular weight excluding hydrogens is 382 g/mol. The molecule has 0 aliphatic rings. The van der Waals surface area contributed by atoms with Crippen LogP contribution in [0, 0.1) is 0 Å². The molecule has 4 atom stereocenters. The molecular formula is C24H47NO5. The Hall–Kier alpha value is -0.950. The average molecular weight is 430 g/mol. The van der Waals surface area contributed by atoms with E-state index in [9.17, 15) is 25.2 Å². The number of carbonyl (C=O) groups excluding carboxylic acids is 1. The molecule has 0 saturated carbocycles. The quantitative estimate of drug-likeness (QED) is 0.150. The van der Waals surface area contributed by atoms with Crippen LogP contribution >= 0.6 is 0 Å². The fraction of sp³-hybridized carbons (Fsp3) is 0.875. The molecule has 0 radical (unpaired) electrons. The third-order valence-electron chi connectivity index (χ3n) is 5.48. The van der Waals surface area contributed by atoms with Crippen LogP contribution in [-0.4, -0.2) is 57.3 Å². The largest absolute Gasteiger partial charge is 0.394 e. The van der Waals surface area contributed by atoms with Gasteiger partial charge in [-0.25, -0.2) is 0 Å². The third kappa shape index (κ3) is 14.9. The number of hydrogen-bond donors (Lipinski definition) is 5. The number of aliphatic hydroxyl groups excluding tert-OH is 4. The van der Waals surface area contributed by atoms with E-state index in [4.69, 9.17) is 0 Å². The Bertz CT molecular complexity index is 430. The van der Waals surface area contributed by atoms with Crippen molar-refractivity contribution in [3.05, 3.63) is 12.2 Å². The Morgan fingerprint density at radius 2 is 1.37 bits per heavy atom. The molecule has 0 fully saturated rings. The van der Waals surface area contributed by atoms with E-state index in [2.05, 4.69) is 31.3 Å². The lowest BCUT2D eigenvalue weighted by atomic mass is 9.99. The summed E-state index contributed by atoms with van der Waals surface area (Å²) in [5, 5.41) is 42.3. The molecule has 5 N–H and O–H groups in total. The summed E-state index contributed by atoms with van der Waals surface area (Å²) in [6, 6.07) is -0.979. The van der Waals surface area contributed by atoms with E-state index in [0.717, 1.165) is 64.2 Å². The van der Waals surface area contributed by atoms with E-state index in [1.54, 1.807) is 0 Å². The van der Waals surface area contributed by atoms with Gasteiger partial charge in [0, 0.05) is 0 Å². The number of hydrogen-bond acceptors (Lipinski definition) is 5. The highest BCUT2D eigenvalue weighted by molar-refractivity contribution is 5.80. The molecule has 0 rings (SSSR count). The fourth-order valence-electron chi connectivity index (χ4n) is 3.38. The topological polar surface area (TPSA) is 110 Å². The maximum absolute atomic E-state index is 12.2. The van der Waals surface area contributed by atoms with E-state index >= 15 is 0 Å². The molecule has 178 valence electrons. The molecule has 0 aromatic carbocycles.